The number of carbonyl (C=O) groups excluding carboxylic acids is 1. The first-order chi connectivity index (χ1) is 8.58. The number of aromatic nitrogens is 2. The van der Waals surface area contributed by atoms with E-state index in [4.69, 9.17) is 0 Å². The topological polar surface area (TPSA) is 78.0 Å². The van der Waals surface area contributed by atoms with Crippen molar-refractivity contribution in [3.63, 3.8) is 0 Å². The zero-order chi connectivity index (χ0) is 13.1. The van der Waals surface area contributed by atoms with Gasteiger partial charge >= 0.3 is 0 Å². The Morgan fingerprint density at radius 2 is 2.22 bits per heavy atom. The van der Waals surface area contributed by atoms with Gasteiger partial charge in [-0.05, 0) is 18.6 Å². The lowest BCUT2D eigenvalue weighted by molar-refractivity contribution is 0.102. The summed E-state index contributed by atoms with van der Waals surface area (Å²) in [6, 6.07) is 4.95. The van der Waals surface area contributed by atoms with Gasteiger partial charge in [0.25, 0.3) is 5.91 Å². The highest BCUT2D eigenvalue weighted by Gasteiger charge is 2.11. The monoisotopic (exact) mass is 249 g/mol. The number of nitrogens with zero attached hydrogens (tertiary/aromatic N) is 1. The molecule has 1 aromatic carbocycles. The standard InChI is InChI=1S/C12H12FN3O2/c1-2-8-6-11(16-15-8)12(18)14-9-3-7(13)4-10(17)5-9/h3-6,17H,2H2,1H3,(H,14,18)(H,15,16). The normalized spacial score (nSPS) is 10.3. The lowest BCUT2D eigenvalue weighted by Gasteiger charge is -2.03. The molecule has 0 aliphatic rings. The molecule has 5 nitrogen and oxygen atoms in total. The molecule has 0 aliphatic carbocycles. The van der Waals surface area contributed by atoms with Crippen LogP contribution in [0.5, 0.6) is 5.75 Å². The van der Waals surface area contributed by atoms with Gasteiger partial charge in [0.2, 0.25) is 0 Å². The number of aryl methyl sites for hydroxylation is 1. The third-order valence-electron chi connectivity index (χ3n) is 2.38. The van der Waals surface area contributed by atoms with E-state index in [-0.39, 0.29) is 17.1 Å². The van der Waals surface area contributed by atoms with Crippen molar-refractivity contribution < 1.29 is 14.3 Å². The number of halogens is 1. The predicted molar refractivity (Wildman–Crippen MR) is 64.0 cm³/mol. The number of phenols is 1. The highest BCUT2D eigenvalue weighted by Crippen LogP contribution is 2.19. The summed E-state index contributed by atoms with van der Waals surface area (Å²) in [5.74, 6) is -1.33. The molecule has 94 valence electrons. The van der Waals surface area contributed by atoms with Crippen molar-refractivity contribution in [1.82, 2.24) is 10.2 Å². The molecule has 2 rings (SSSR count). The molecule has 0 fully saturated rings. The van der Waals surface area contributed by atoms with Crippen molar-refractivity contribution >= 4 is 11.6 Å². The first kappa shape index (κ1) is 12.1. The number of rotatable bonds is 3. The molecule has 3 N–H and O–H groups in total. The van der Waals surface area contributed by atoms with Crippen LogP contribution < -0.4 is 5.32 Å². The summed E-state index contributed by atoms with van der Waals surface area (Å²) >= 11 is 0. The molecule has 0 aliphatic heterocycles. The lowest BCUT2D eigenvalue weighted by atomic mass is 10.2. The van der Waals surface area contributed by atoms with Crippen molar-refractivity contribution in [2.45, 2.75) is 13.3 Å². The first-order valence-corrected chi connectivity index (χ1v) is 5.43. The van der Waals surface area contributed by atoms with Crippen LogP contribution in [-0.4, -0.2) is 21.2 Å². The second-order valence-electron chi connectivity index (χ2n) is 3.78. The van der Waals surface area contributed by atoms with Gasteiger partial charge < -0.3 is 10.4 Å². The van der Waals surface area contributed by atoms with Crippen LogP contribution in [0, 0.1) is 5.82 Å². The molecular formula is C12H12FN3O2. The number of anilines is 1. The number of nitrogens with one attached hydrogen (secondary N) is 2. The predicted octanol–water partition coefficient (Wildman–Crippen LogP) is 2.07. The van der Waals surface area contributed by atoms with Crippen molar-refractivity contribution in [3.05, 3.63) is 41.5 Å². The Morgan fingerprint density at radius 1 is 1.44 bits per heavy atom. The minimum absolute atomic E-state index is 0.179. The number of carbonyl (C=O) groups is 1. The molecule has 0 saturated carbocycles. The second-order valence-corrected chi connectivity index (χ2v) is 3.78. The van der Waals surface area contributed by atoms with Crippen LogP contribution in [0.1, 0.15) is 23.1 Å². The van der Waals surface area contributed by atoms with Crippen molar-refractivity contribution in [2.75, 3.05) is 5.32 Å². The molecule has 0 saturated heterocycles. The number of amides is 1. The van der Waals surface area contributed by atoms with E-state index in [1.54, 1.807) is 6.07 Å². The smallest absolute Gasteiger partial charge is 0.276 e. The summed E-state index contributed by atoms with van der Waals surface area (Å²) in [4.78, 5) is 11.8. The van der Waals surface area contributed by atoms with Crippen molar-refractivity contribution in [3.8, 4) is 5.75 Å². The molecule has 0 atom stereocenters. The molecular weight excluding hydrogens is 237 g/mol. The van der Waals surface area contributed by atoms with Crippen LogP contribution in [0.3, 0.4) is 0 Å². The van der Waals surface area contributed by atoms with E-state index in [0.717, 1.165) is 24.2 Å². The zero-order valence-corrected chi connectivity index (χ0v) is 9.70. The Hall–Kier alpha value is -2.37. The zero-order valence-electron chi connectivity index (χ0n) is 9.70. The fourth-order valence-corrected chi connectivity index (χ4v) is 1.50. The largest absolute Gasteiger partial charge is 0.508 e. The van der Waals surface area contributed by atoms with Crippen molar-refractivity contribution in [1.29, 1.82) is 0 Å². The molecule has 2 aromatic rings. The Kier molecular flexibility index (Phi) is 3.27. The average Bonchev–Trinajstić information content (AvgIpc) is 2.75. The molecule has 0 radical (unpaired) electrons. The molecule has 18 heavy (non-hydrogen) atoms. The minimum atomic E-state index is -0.624. The maximum atomic E-state index is 13.0. The summed E-state index contributed by atoms with van der Waals surface area (Å²) in [6.07, 6.45) is 0.737. The Morgan fingerprint density at radius 3 is 2.83 bits per heavy atom. The molecule has 0 bridgehead atoms. The highest BCUT2D eigenvalue weighted by atomic mass is 19.1. The maximum Gasteiger partial charge on any atom is 0.276 e. The summed E-state index contributed by atoms with van der Waals surface area (Å²) in [7, 11) is 0. The van der Waals surface area contributed by atoms with Gasteiger partial charge in [-0.1, -0.05) is 6.92 Å². The molecule has 1 heterocycles. The SMILES string of the molecule is CCc1cc(C(=O)Nc2cc(O)cc(F)c2)n[nH]1. The van der Waals surface area contributed by atoms with Gasteiger partial charge in [-0.3, -0.25) is 9.89 Å². The van der Waals surface area contributed by atoms with Gasteiger partial charge in [-0.2, -0.15) is 5.10 Å². The summed E-state index contributed by atoms with van der Waals surface area (Å²) in [5, 5.41) is 18.2. The number of benzene rings is 1. The van der Waals surface area contributed by atoms with E-state index < -0.39 is 11.7 Å². The van der Waals surface area contributed by atoms with E-state index in [1.807, 2.05) is 6.92 Å². The van der Waals surface area contributed by atoms with E-state index in [1.165, 1.54) is 6.07 Å². The number of phenolic OH excluding ortho intramolecular Hbond substituents is 1. The third-order valence-corrected chi connectivity index (χ3v) is 2.38. The van der Waals surface area contributed by atoms with Gasteiger partial charge in [-0.25, -0.2) is 4.39 Å². The number of aromatic hydroxyl groups is 1. The molecule has 1 amide bonds. The minimum Gasteiger partial charge on any atom is -0.508 e. The Balaban J connectivity index is 2.15. The number of hydrogen-bond donors (Lipinski definition) is 3. The van der Waals surface area contributed by atoms with Gasteiger partial charge in [-0.15, -0.1) is 0 Å². The highest BCUT2D eigenvalue weighted by molar-refractivity contribution is 6.02. The Bertz CT molecular complexity index is 560. The lowest BCUT2D eigenvalue weighted by Crippen LogP contribution is -2.12. The van der Waals surface area contributed by atoms with Crippen LogP contribution in [0.25, 0.3) is 0 Å². The number of H-pyrrole nitrogens is 1. The van der Waals surface area contributed by atoms with Crippen LogP contribution >= 0.6 is 0 Å². The van der Waals surface area contributed by atoms with E-state index >= 15 is 0 Å². The van der Waals surface area contributed by atoms with E-state index in [9.17, 15) is 14.3 Å². The summed E-state index contributed by atoms with van der Waals surface area (Å²) in [6.45, 7) is 1.93. The quantitative estimate of drug-likeness (QED) is 0.779. The molecule has 0 spiro atoms. The van der Waals surface area contributed by atoms with Gasteiger partial charge in [0.1, 0.15) is 11.6 Å². The molecule has 1 aromatic heterocycles. The average molecular weight is 249 g/mol. The molecule has 6 heteroatoms. The summed E-state index contributed by atoms with van der Waals surface area (Å²) < 4.78 is 13.0. The summed E-state index contributed by atoms with van der Waals surface area (Å²) in [5.41, 5.74) is 1.23. The molecule has 0 unspecified atom stereocenters. The van der Waals surface area contributed by atoms with Gasteiger partial charge in [0.15, 0.2) is 5.69 Å². The van der Waals surface area contributed by atoms with Crippen molar-refractivity contribution in [2.24, 2.45) is 0 Å². The van der Waals surface area contributed by atoms with Crippen LogP contribution in [-0.2, 0) is 6.42 Å². The van der Waals surface area contributed by atoms with Crippen LogP contribution in [0.2, 0.25) is 0 Å². The van der Waals surface area contributed by atoms with Gasteiger partial charge in [0, 0.05) is 23.5 Å². The maximum absolute atomic E-state index is 13.0. The van der Waals surface area contributed by atoms with Crippen LogP contribution in [0.15, 0.2) is 24.3 Å². The third kappa shape index (κ3) is 2.65. The number of hydrogen-bond acceptors (Lipinski definition) is 3. The Labute approximate surface area is 103 Å². The number of aromatic amines is 1. The van der Waals surface area contributed by atoms with E-state index in [0.29, 0.717) is 0 Å². The van der Waals surface area contributed by atoms with Crippen LogP contribution in [0.4, 0.5) is 10.1 Å². The van der Waals surface area contributed by atoms with Gasteiger partial charge in [0.05, 0.1) is 0 Å². The fraction of sp³-hybridized carbons (Fsp3) is 0.167. The second kappa shape index (κ2) is 4.87. The van der Waals surface area contributed by atoms with E-state index in [2.05, 4.69) is 15.5 Å². The fourth-order valence-electron chi connectivity index (χ4n) is 1.50. The first-order valence-electron chi connectivity index (χ1n) is 5.43.